The maximum Gasteiger partial charge on any atom is 0.224 e. The summed E-state index contributed by atoms with van der Waals surface area (Å²) in [4.78, 5) is 13.9. The van der Waals surface area contributed by atoms with Gasteiger partial charge in [-0.25, -0.2) is 0 Å². The Bertz CT molecular complexity index is 224. The van der Waals surface area contributed by atoms with E-state index in [4.69, 9.17) is 5.73 Å². The molecule has 1 aliphatic rings. The highest BCUT2D eigenvalue weighted by Gasteiger charge is 2.19. The predicted molar refractivity (Wildman–Crippen MR) is 66.1 cm³/mol. The summed E-state index contributed by atoms with van der Waals surface area (Å²) in [7, 11) is 0. The van der Waals surface area contributed by atoms with Gasteiger partial charge >= 0.3 is 0 Å². The van der Waals surface area contributed by atoms with Crippen LogP contribution in [0.15, 0.2) is 12.7 Å². The number of likely N-dealkylation sites (tertiary alicyclic amines) is 1. The highest BCUT2D eigenvalue weighted by molar-refractivity contribution is 5.76. The third kappa shape index (κ3) is 4.33. The second-order valence-electron chi connectivity index (χ2n) is 4.28. The molecule has 4 heteroatoms. The highest BCUT2D eigenvalue weighted by Crippen LogP contribution is 2.10. The molecule has 16 heavy (non-hydrogen) atoms. The van der Waals surface area contributed by atoms with Crippen molar-refractivity contribution >= 4 is 5.91 Å². The molecule has 0 aromatic rings. The van der Waals surface area contributed by atoms with Crippen molar-refractivity contribution in [3.8, 4) is 0 Å². The van der Waals surface area contributed by atoms with Gasteiger partial charge in [-0.05, 0) is 19.3 Å². The Morgan fingerprint density at radius 1 is 1.44 bits per heavy atom. The van der Waals surface area contributed by atoms with Gasteiger partial charge < -0.3 is 16.0 Å². The Balaban J connectivity index is 2.31. The summed E-state index contributed by atoms with van der Waals surface area (Å²) in [5.41, 5.74) is 5.62. The van der Waals surface area contributed by atoms with E-state index in [1.165, 1.54) is 6.42 Å². The molecule has 1 rings (SSSR count). The fraction of sp³-hybridized carbons (Fsp3) is 0.750. The standard InChI is InChI=1S/C12H23N3O/c1-2-6-14-11(10-13)9-12(16)15-7-4-3-5-8-15/h2,11,14H,1,3-10,13H2. The molecule has 0 radical (unpaired) electrons. The smallest absolute Gasteiger partial charge is 0.224 e. The van der Waals surface area contributed by atoms with E-state index in [-0.39, 0.29) is 11.9 Å². The lowest BCUT2D eigenvalue weighted by Gasteiger charge is -2.28. The Labute approximate surface area is 97.9 Å². The van der Waals surface area contributed by atoms with Gasteiger partial charge in [0, 0.05) is 38.6 Å². The first-order chi connectivity index (χ1) is 7.77. The molecule has 0 aromatic carbocycles. The number of carbonyl (C=O) groups excluding carboxylic acids is 1. The molecule has 0 bridgehead atoms. The van der Waals surface area contributed by atoms with Crippen molar-refractivity contribution in [2.24, 2.45) is 5.73 Å². The largest absolute Gasteiger partial charge is 0.343 e. The van der Waals surface area contributed by atoms with Gasteiger partial charge in [0.15, 0.2) is 0 Å². The number of carbonyl (C=O) groups is 1. The minimum Gasteiger partial charge on any atom is -0.343 e. The van der Waals surface area contributed by atoms with Gasteiger partial charge in [0.2, 0.25) is 5.91 Å². The van der Waals surface area contributed by atoms with Gasteiger partial charge in [0.1, 0.15) is 0 Å². The lowest BCUT2D eigenvalue weighted by molar-refractivity contribution is -0.132. The molecule has 0 aromatic heterocycles. The maximum absolute atomic E-state index is 11.9. The first-order valence-corrected chi connectivity index (χ1v) is 6.10. The van der Waals surface area contributed by atoms with Crippen LogP contribution in [0.5, 0.6) is 0 Å². The first-order valence-electron chi connectivity index (χ1n) is 6.10. The maximum atomic E-state index is 11.9. The molecule has 1 unspecified atom stereocenters. The molecule has 0 aliphatic carbocycles. The molecule has 3 N–H and O–H groups in total. The summed E-state index contributed by atoms with van der Waals surface area (Å²) in [5, 5.41) is 3.20. The number of hydrogen-bond acceptors (Lipinski definition) is 3. The zero-order chi connectivity index (χ0) is 11.8. The van der Waals surface area contributed by atoms with Crippen LogP contribution in [-0.2, 0) is 4.79 Å². The van der Waals surface area contributed by atoms with Gasteiger partial charge in [-0.3, -0.25) is 4.79 Å². The fourth-order valence-corrected chi connectivity index (χ4v) is 1.97. The summed E-state index contributed by atoms with van der Waals surface area (Å²) in [5.74, 6) is 0.228. The zero-order valence-corrected chi connectivity index (χ0v) is 9.95. The summed E-state index contributed by atoms with van der Waals surface area (Å²) < 4.78 is 0. The Kier molecular flexibility index (Phi) is 6.11. The summed E-state index contributed by atoms with van der Waals surface area (Å²) in [6, 6.07) is 0.0763. The van der Waals surface area contributed by atoms with Crippen molar-refractivity contribution in [3.63, 3.8) is 0 Å². The fourth-order valence-electron chi connectivity index (χ4n) is 1.97. The van der Waals surface area contributed by atoms with E-state index in [2.05, 4.69) is 11.9 Å². The number of nitrogens with two attached hydrogens (primary N) is 1. The second kappa shape index (κ2) is 7.41. The summed E-state index contributed by atoms with van der Waals surface area (Å²) in [6.07, 6.45) is 5.81. The van der Waals surface area contributed by atoms with Gasteiger partial charge in [-0.1, -0.05) is 6.08 Å². The van der Waals surface area contributed by atoms with Crippen molar-refractivity contribution in [2.75, 3.05) is 26.2 Å². The van der Waals surface area contributed by atoms with E-state index < -0.39 is 0 Å². The Hall–Kier alpha value is -0.870. The molecule has 0 saturated carbocycles. The molecular weight excluding hydrogens is 202 g/mol. The van der Waals surface area contributed by atoms with Crippen LogP contribution in [0.2, 0.25) is 0 Å². The number of nitrogens with zero attached hydrogens (tertiary/aromatic N) is 1. The van der Waals surface area contributed by atoms with Gasteiger partial charge in [-0.15, -0.1) is 6.58 Å². The molecule has 1 amide bonds. The van der Waals surface area contributed by atoms with Crippen LogP contribution in [-0.4, -0.2) is 43.0 Å². The number of nitrogens with one attached hydrogen (secondary N) is 1. The minimum absolute atomic E-state index is 0.0763. The molecule has 1 aliphatic heterocycles. The van der Waals surface area contributed by atoms with E-state index in [9.17, 15) is 4.79 Å². The molecule has 1 heterocycles. The zero-order valence-electron chi connectivity index (χ0n) is 9.95. The van der Waals surface area contributed by atoms with Crippen molar-refractivity contribution in [2.45, 2.75) is 31.7 Å². The monoisotopic (exact) mass is 225 g/mol. The van der Waals surface area contributed by atoms with Crippen molar-refractivity contribution in [1.82, 2.24) is 10.2 Å². The summed E-state index contributed by atoms with van der Waals surface area (Å²) in [6.45, 7) is 6.66. The molecule has 1 fully saturated rings. The minimum atomic E-state index is 0.0763. The first kappa shape index (κ1) is 13.2. The van der Waals surface area contributed by atoms with Gasteiger partial charge in [0.25, 0.3) is 0 Å². The van der Waals surface area contributed by atoms with Crippen LogP contribution in [0.3, 0.4) is 0 Å². The second-order valence-corrected chi connectivity index (χ2v) is 4.28. The molecule has 0 spiro atoms. The molecule has 4 nitrogen and oxygen atoms in total. The average molecular weight is 225 g/mol. The van der Waals surface area contributed by atoms with E-state index in [0.29, 0.717) is 19.5 Å². The van der Waals surface area contributed by atoms with Crippen LogP contribution in [0.4, 0.5) is 0 Å². The van der Waals surface area contributed by atoms with Crippen LogP contribution in [0.1, 0.15) is 25.7 Å². The topological polar surface area (TPSA) is 58.4 Å². The van der Waals surface area contributed by atoms with Gasteiger partial charge in [0.05, 0.1) is 0 Å². The van der Waals surface area contributed by atoms with Crippen LogP contribution >= 0.6 is 0 Å². The Morgan fingerprint density at radius 2 is 2.12 bits per heavy atom. The number of rotatable bonds is 6. The van der Waals surface area contributed by atoms with Crippen LogP contribution in [0, 0.1) is 0 Å². The SMILES string of the molecule is C=CCNC(CN)CC(=O)N1CCCCC1. The molecule has 1 atom stereocenters. The number of piperidine rings is 1. The van der Waals surface area contributed by atoms with E-state index in [1.807, 2.05) is 4.90 Å². The normalized spacial score (nSPS) is 18.2. The number of hydrogen-bond donors (Lipinski definition) is 2. The predicted octanol–water partition coefficient (Wildman–Crippen LogP) is 0.492. The average Bonchev–Trinajstić information content (AvgIpc) is 2.35. The van der Waals surface area contributed by atoms with E-state index in [0.717, 1.165) is 25.9 Å². The van der Waals surface area contributed by atoms with Gasteiger partial charge in [-0.2, -0.15) is 0 Å². The van der Waals surface area contributed by atoms with Crippen molar-refractivity contribution in [1.29, 1.82) is 0 Å². The lowest BCUT2D eigenvalue weighted by Crippen LogP contribution is -2.43. The van der Waals surface area contributed by atoms with E-state index in [1.54, 1.807) is 6.08 Å². The molecule has 92 valence electrons. The van der Waals surface area contributed by atoms with Crippen molar-refractivity contribution < 1.29 is 4.79 Å². The molecule has 1 saturated heterocycles. The van der Waals surface area contributed by atoms with Crippen LogP contribution < -0.4 is 11.1 Å². The third-order valence-corrected chi connectivity index (χ3v) is 2.97. The molecular formula is C12H23N3O. The van der Waals surface area contributed by atoms with E-state index >= 15 is 0 Å². The third-order valence-electron chi connectivity index (χ3n) is 2.97. The Morgan fingerprint density at radius 3 is 2.69 bits per heavy atom. The summed E-state index contributed by atoms with van der Waals surface area (Å²) >= 11 is 0. The number of amides is 1. The van der Waals surface area contributed by atoms with Crippen LogP contribution in [0.25, 0.3) is 0 Å². The highest BCUT2D eigenvalue weighted by atomic mass is 16.2. The van der Waals surface area contributed by atoms with Crippen molar-refractivity contribution in [3.05, 3.63) is 12.7 Å². The quantitative estimate of drug-likeness (QED) is 0.647. The lowest BCUT2D eigenvalue weighted by atomic mass is 10.1.